The number of aliphatic carboxylic acids is 1. The highest BCUT2D eigenvalue weighted by atomic mass is 79.9. The van der Waals surface area contributed by atoms with E-state index in [4.69, 9.17) is 5.11 Å². The van der Waals surface area contributed by atoms with Crippen molar-refractivity contribution in [3.63, 3.8) is 0 Å². The molecule has 0 aromatic heterocycles. The number of carbonyl (C=O) groups is 1. The Morgan fingerprint density at radius 1 is 1.43 bits per heavy atom. The average Bonchev–Trinajstić information content (AvgIpc) is 1.96. The van der Waals surface area contributed by atoms with Gasteiger partial charge in [0.2, 0.25) is 0 Å². The lowest BCUT2D eigenvalue weighted by atomic mass is 10.2. The van der Waals surface area contributed by atoms with Crippen LogP contribution in [0.5, 0.6) is 0 Å². The van der Waals surface area contributed by atoms with Gasteiger partial charge in [0, 0.05) is 10.5 Å². The summed E-state index contributed by atoms with van der Waals surface area (Å²) in [6, 6.07) is 0. The minimum Gasteiger partial charge on any atom is -0.478 e. The molecule has 0 aliphatic carbocycles. The molecule has 0 fully saturated rings. The number of allylic oxidation sites excluding steroid dienone is 1. The van der Waals surface area contributed by atoms with Gasteiger partial charge in [-0.1, -0.05) is 55.9 Å². The molecule has 0 bridgehead atoms. The Morgan fingerprint density at radius 3 is 2.07 bits per heavy atom. The lowest BCUT2D eigenvalue weighted by Crippen LogP contribution is -2.42. The van der Waals surface area contributed by atoms with Crippen molar-refractivity contribution in [1.82, 2.24) is 0 Å². The molecule has 0 aromatic carbocycles. The second-order valence-corrected chi connectivity index (χ2v) is 10.9. The van der Waals surface area contributed by atoms with Gasteiger partial charge >= 0.3 is 5.97 Å². The van der Waals surface area contributed by atoms with Gasteiger partial charge in [0.15, 0.2) is 0 Å². The van der Waals surface area contributed by atoms with Crippen LogP contribution in [0.3, 0.4) is 0 Å². The van der Waals surface area contributed by atoms with Crippen molar-refractivity contribution in [2.75, 3.05) is 5.33 Å². The maximum Gasteiger partial charge on any atom is 0.327 e. The molecule has 0 aliphatic rings. The standard InChI is InChI=1S/C10H19BrO2Si/c1-10(2,3)14(4,5)8(6-7-11)9(12)13/h6H,7H2,1-5H3,(H,12,13). The van der Waals surface area contributed by atoms with Gasteiger partial charge in [0.05, 0.1) is 8.07 Å². The van der Waals surface area contributed by atoms with E-state index in [9.17, 15) is 4.79 Å². The number of carboxylic acid groups (broad SMARTS) is 1. The molecule has 0 unspecified atom stereocenters. The van der Waals surface area contributed by atoms with Crippen LogP contribution in [0.2, 0.25) is 18.1 Å². The SMILES string of the molecule is CC(C)(C)[Si](C)(C)C(=CCBr)C(=O)O. The van der Waals surface area contributed by atoms with E-state index >= 15 is 0 Å². The first-order valence-corrected chi connectivity index (χ1v) is 8.76. The molecule has 0 amide bonds. The molecule has 1 N–H and O–H groups in total. The Labute approximate surface area is 95.5 Å². The van der Waals surface area contributed by atoms with Crippen LogP contribution in [0.4, 0.5) is 0 Å². The summed E-state index contributed by atoms with van der Waals surface area (Å²) in [5, 5.41) is 10.4. The number of halogens is 1. The maximum absolute atomic E-state index is 11.1. The molecule has 2 nitrogen and oxygen atoms in total. The van der Waals surface area contributed by atoms with Gasteiger partial charge < -0.3 is 5.11 Å². The third kappa shape index (κ3) is 2.95. The average molecular weight is 279 g/mol. The predicted molar refractivity (Wildman–Crippen MR) is 66.7 cm³/mol. The van der Waals surface area contributed by atoms with Crippen LogP contribution in [0, 0.1) is 0 Å². The molecule has 0 spiro atoms. The van der Waals surface area contributed by atoms with E-state index in [0.717, 1.165) is 0 Å². The van der Waals surface area contributed by atoms with E-state index in [-0.39, 0.29) is 5.04 Å². The van der Waals surface area contributed by atoms with Crippen molar-refractivity contribution in [1.29, 1.82) is 0 Å². The van der Waals surface area contributed by atoms with Crippen molar-refractivity contribution in [2.45, 2.75) is 38.9 Å². The Bertz CT molecular complexity index is 251. The minimum atomic E-state index is -1.89. The first kappa shape index (κ1) is 13.9. The largest absolute Gasteiger partial charge is 0.478 e. The summed E-state index contributed by atoms with van der Waals surface area (Å²) in [5.74, 6) is -0.768. The van der Waals surface area contributed by atoms with Gasteiger partial charge in [-0.05, 0) is 5.04 Å². The molecule has 0 rings (SSSR count). The number of alkyl halides is 1. The molecule has 0 aliphatic heterocycles. The molecular weight excluding hydrogens is 260 g/mol. The van der Waals surface area contributed by atoms with Crippen LogP contribution in [0.15, 0.2) is 11.3 Å². The minimum absolute atomic E-state index is 0.0688. The van der Waals surface area contributed by atoms with E-state index in [0.29, 0.717) is 10.5 Å². The van der Waals surface area contributed by atoms with Crippen LogP contribution in [0.1, 0.15) is 20.8 Å². The summed E-state index contributed by atoms with van der Waals surface area (Å²) in [5.41, 5.74) is 0. The first-order valence-electron chi connectivity index (χ1n) is 4.64. The number of rotatable bonds is 3. The summed E-state index contributed by atoms with van der Waals surface area (Å²) < 4.78 is 0. The molecule has 82 valence electrons. The third-order valence-electron chi connectivity index (χ3n) is 3.06. The second kappa shape index (κ2) is 4.62. The summed E-state index contributed by atoms with van der Waals surface area (Å²) in [6.07, 6.45) is 1.79. The Hall–Kier alpha value is -0.0931. The Balaban J connectivity index is 5.22. The lowest BCUT2D eigenvalue weighted by Gasteiger charge is -2.37. The van der Waals surface area contributed by atoms with Crippen molar-refractivity contribution >= 4 is 30.0 Å². The molecule has 14 heavy (non-hydrogen) atoms. The molecule has 4 heteroatoms. The first-order chi connectivity index (χ1) is 6.14. The van der Waals surface area contributed by atoms with Gasteiger partial charge in [0.1, 0.15) is 0 Å². The van der Waals surface area contributed by atoms with E-state index in [1.54, 1.807) is 6.08 Å². The van der Waals surface area contributed by atoms with Crippen molar-refractivity contribution in [3.8, 4) is 0 Å². The van der Waals surface area contributed by atoms with Gasteiger partial charge in [-0.2, -0.15) is 0 Å². The summed E-state index contributed by atoms with van der Waals surface area (Å²) in [6.45, 7) is 10.6. The van der Waals surface area contributed by atoms with Gasteiger partial charge in [-0.15, -0.1) is 0 Å². The smallest absolute Gasteiger partial charge is 0.327 e. The summed E-state index contributed by atoms with van der Waals surface area (Å²) >= 11 is 3.26. The molecule has 0 saturated heterocycles. The topological polar surface area (TPSA) is 37.3 Å². The quantitative estimate of drug-likeness (QED) is 0.488. The van der Waals surface area contributed by atoms with E-state index in [1.165, 1.54) is 0 Å². The zero-order valence-corrected chi connectivity index (χ0v) is 12.1. The second-order valence-electron chi connectivity index (χ2n) is 4.95. The van der Waals surface area contributed by atoms with Gasteiger partial charge in [-0.25, -0.2) is 4.79 Å². The normalized spacial score (nSPS) is 14.3. The zero-order valence-electron chi connectivity index (χ0n) is 9.52. The van der Waals surface area contributed by atoms with Crippen molar-refractivity contribution in [3.05, 3.63) is 11.3 Å². The Kier molecular flexibility index (Phi) is 4.59. The fourth-order valence-corrected chi connectivity index (χ4v) is 3.67. The van der Waals surface area contributed by atoms with Crippen LogP contribution in [-0.4, -0.2) is 24.5 Å². The van der Waals surface area contributed by atoms with Gasteiger partial charge in [0.25, 0.3) is 0 Å². The number of hydrogen-bond acceptors (Lipinski definition) is 1. The molecule has 0 heterocycles. The van der Waals surface area contributed by atoms with E-state index < -0.39 is 14.0 Å². The van der Waals surface area contributed by atoms with Crippen LogP contribution in [-0.2, 0) is 4.79 Å². The summed E-state index contributed by atoms with van der Waals surface area (Å²) in [7, 11) is -1.89. The van der Waals surface area contributed by atoms with E-state index in [2.05, 4.69) is 49.8 Å². The van der Waals surface area contributed by atoms with Crippen molar-refractivity contribution in [2.24, 2.45) is 0 Å². The zero-order chi connectivity index (χ0) is 11.6. The molecular formula is C10H19BrO2Si. The highest BCUT2D eigenvalue weighted by Gasteiger charge is 2.41. The van der Waals surface area contributed by atoms with Crippen LogP contribution >= 0.6 is 15.9 Å². The lowest BCUT2D eigenvalue weighted by molar-refractivity contribution is -0.132. The molecule has 0 radical (unpaired) electrons. The number of carboxylic acids is 1. The fourth-order valence-electron chi connectivity index (χ4n) is 1.09. The molecule has 0 saturated carbocycles. The highest BCUT2D eigenvalue weighted by molar-refractivity contribution is 9.09. The molecule has 0 aromatic rings. The van der Waals surface area contributed by atoms with Crippen LogP contribution in [0.25, 0.3) is 0 Å². The highest BCUT2D eigenvalue weighted by Crippen LogP contribution is 2.40. The monoisotopic (exact) mass is 278 g/mol. The Morgan fingerprint density at radius 2 is 1.86 bits per heavy atom. The van der Waals surface area contributed by atoms with Gasteiger partial charge in [-0.3, -0.25) is 0 Å². The summed E-state index contributed by atoms with van der Waals surface area (Å²) in [4.78, 5) is 11.1. The van der Waals surface area contributed by atoms with Crippen molar-refractivity contribution < 1.29 is 9.90 Å². The van der Waals surface area contributed by atoms with Crippen LogP contribution < -0.4 is 0 Å². The third-order valence-corrected chi connectivity index (χ3v) is 8.90. The number of hydrogen-bond donors (Lipinski definition) is 1. The predicted octanol–water partition coefficient (Wildman–Crippen LogP) is 3.44. The molecule has 0 atom stereocenters. The fraction of sp³-hybridized carbons (Fsp3) is 0.700. The van der Waals surface area contributed by atoms with E-state index in [1.807, 2.05) is 0 Å². The maximum atomic E-state index is 11.1.